The molecule has 4 saturated carbocycles. The smallest absolute Gasteiger partial charge is 0.229 e. The molecule has 0 aliphatic heterocycles. The zero-order chi connectivity index (χ0) is 15.8. The Balaban J connectivity index is 1.34. The minimum absolute atomic E-state index is 0.0129. The van der Waals surface area contributed by atoms with Crippen LogP contribution in [0.1, 0.15) is 55.7 Å². The van der Waals surface area contributed by atoms with Crippen molar-refractivity contribution in [3.63, 3.8) is 0 Å². The second-order valence-electron chi connectivity index (χ2n) is 7.30. The lowest BCUT2D eigenvalue weighted by Gasteiger charge is -2.41. The van der Waals surface area contributed by atoms with Gasteiger partial charge in [0.05, 0.1) is 0 Å². The SMILES string of the molecule is N#CNC1CC(C(=O)Nc2ncc([C@H]3CC4CCC3CC4)s2)C1. The van der Waals surface area contributed by atoms with Gasteiger partial charge in [0.15, 0.2) is 11.3 Å². The summed E-state index contributed by atoms with van der Waals surface area (Å²) in [5.74, 6) is 2.46. The van der Waals surface area contributed by atoms with E-state index in [1.54, 1.807) is 11.3 Å². The Bertz CT molecular complexity index is 623. The number of fused-ring (bicyclic) bond motifs is 3. The molecule has 0 aromatic carbocycles. The molecule has 2 N–H and O–H groups in total. The molecule has 1 heterocycles. The van der Waals surface area contributed by atoms with Crippen LogP contribution in [0.15, 0.2) is 6.20 Å². The van der Waals surface area contributed by atoms with Crippen molar-refractivity contribution in [1.29, 1.82) is 5.26 Å². The highest BCUT2D eigenvalue weighted by atomic mass is 32.1. The van der Waals surface area contributed by atoms with Gasteiger partial charge in [-0.3, -0.25) is 4.79 Å². The summed E-state index contributed by atoms with van der Waals surface area (Å²) in [5, 5.41) is 15.0. The van der Waals surface area contributed by atoms with E-state index in [0.29, 0.717) is 5.92 Å². The molecule has 0 saturated heterocycles. The number of amides is 1. The molecule has 1 atom stereocenters. The monoisotopic (exact) mass is 330 g/mol. The van der Waals surface area contributed by atoms with E-state index in [-0.39, 0.29) is 17.9 Å². The zero-order valence-electron chi connectivity index (χ0n) is 13.1. The predicted octanol–water partition coefficient (Wildman–Crippen LogP) is 3.22. The van der Waals surface area contributed by atoms with E-state index in [2.05, 4.69) is 15.6 Å². The van der Waals surface area contributed by atoms with Gasteiger partial charge in [-0.1, -0.05) is 12.8 Å². The van der Waals surface area contributed by atoms with Crippen molar-refractivity contribution in [2.24, 2.45) is 17.8 Å². The van der Waals surface area contributed by atoms with E-state index >= 15 is 0 Å². The summed E-state index contributed by atoms with van der Waals surface area (Å²) < 4.78 is 0. The maximum absolute atomic E-state index is 12.2. The van der Waals surface area contributed by atoms with Crippen molar-refractivity contribution in [3.8, 4) is 6.19 Å². The number of nitrogens with zero attached hydrogens (tertiary/aromatic N) is 2. The highest BCUT2D eigenvalue weighted by Crippen LogP contribution is 2.50. The van der Waals surface area contributed by atoms with E-state index in [9.17, 15) is 4.79 Å². The molecule has 6 heteroatoms. The molecule has 4 aliphatic rings. The van der Waals surface area contributed by atoms with E-state index in [0.717, 1.165) is 29.8 Å². The summed E-state index contributed by atoms with van der Waals surface area (Å²) in [4.78, 5) is 18.0. The van der Waals surface area contributed by atoms with Gasteiger partial charge in [-0.15, -0.1) is 11.3 Å². The predicted molar refractivity (Wildman–Crippen MR) is 88.8 cm³/mol. The van der Waals surface area contributed by atoms with Gasteiger partial charge in [0.2, 0.25) is 5.91 Å². The highest BCUT2D eigenvalue weighted by molar-refractivity contribution is 7.15. The Hall–Kier alpha value is -1.61. The summed E-state index contributed by atoms with van der Waals surface area (Å²) in [6, 6.07) is 0.167. The molecule has 5 rings (SSSR count). The van der Waals surface area contributed by atoms with Gasteiger partial charge in [0.1, 0.15) is 0 Å². The number of hydrogen-bond acceptors (Lipinski definition) is 5. The molecule has 2 bridgehead atoms. The van der Waals surface area contributed by atoms with Crippen LogP contribution >= 0.6 is 11.3 Å². The number of thiazole rings is 1. The van der Waals surface area contributed by atoms with E-state index in [1.807, 2.05) is 12.4 Å². The summed E-state index contributed by atoms with van der Waals surface area (Å²) >= 11 is 1.66. The Morgan fingerprint density at radius 1 is 1.26 bits per heavy atom. The maximum atomic E-state index is 12.2. The lowest BCUT2D eigenvalue weighted by molar-refractivity contribution is -0.122. The fraction of sp³-hybridized carbons (Fsp3) is 0.706. The molecular formula is C17H22N4OS. The summed E-state index contributed by atoms with van der Waals surface area (Å²) in [7, 11) is 0. The second kappa shape index (κ2) is 6.12. The molecule has 4 fully saturated rings. The van der Waals surface area contributed by atoms with Crippen LogP contribution in [0.3, 0.4) is 0 Å². The number of nitrogens with one attached hydrogen (secondary N) is 2. The van der Waals surface area contributed by atoms with Crippen LogP contribution in [-0.4, -0.2) is 16.9 Å². The summed E-state index contributed by atoms with van der Waals surface area (Å²) in [6.45, 7) is 0. The first kappa shape index (κ1) is 14.9. The van der Waals surface area contributed by atoms with Crippen molar-refractivity contribution in [3.05, 3.63) is 11.1 Å². The third kappa shape index (κ3) is 2.94. The van der Waals surface area contributed by atoms with Crippen LogP contribution in [-0.2, 0) is 4.79 Å². The molecular weight excluding hydrogens is 308 g/mol. The molecule has 0 radical (unpaired) electrons. The minimum atomic E-state index is 0.0129. The average molecular weight is 330 g/mol. The normalized spacial score (nSPS) is 35.2. The quantitative estimate of drug-likeness (QED) is 0.656. The minimum Gasteiger partial charge on any atom is -0.321 e. The van der Waals surface area contributed by atoms with Crippen molar-refractivity contribution < 1.29 is 4.79 Å². The van der Waals surface area contributed by atoms with Crippen molar-refractivity contribution in [1.82, 2.24) is 10.3 Å². The van der Waals surface area contributed by atoms with Gasteiger partial charge in [0, 0.05) is 23.0 Å². The third-order valence-corrected chi connectivity index (χ3v) is 6.99. The Morgan fingerprint density at radius 3 is 2.70 bits per heavy atom. The Kier molecular flexibility index (Phi) is 3.98. The van der Waals surface area contributed by atoms with Gasteiger partial charge in [0.25, 0.3) is 0 Å². The highest BCUT2D eigenvalue weighted by Gasteiger charge is 2.38. The first-order valence-electron chi connectivity index (χ1n) is 8.64. The van der Waals surface area contributed by atoms with Crippen LogP contribution in [0.5, 0.6) is 0 Å². The molecule has 1 aromatic rings. The van der Waals surface area contributed by atoms with Crippen molar-refractivity contribution in [2.75, 3.05) is 5.32 Å². The molecule has 1 amide bonds. The lowest BCUT2D eigenvalue weighted by atomic mass is 9.64. The van der Waals surface area contributed by atoms with Crippen LogP contribution in [0.25, 0.3) is 0 Å². The Morgan fingerprint density at radius 2 is 2.04 bits per heavy atom. The second-order valence-corrected chi connectivity index (χ2v) is 8.36. The van der Waals surface area contributed by atoms with Gasteiger partial charge in [-0.05, 0) is 49.9 Å². The molecule has 1 aromatic heterocycles. The van der Waals surface area contributed by atoms with Gasteiger partial charge < -0.3 is 10.6 Å². The fourth-order valence-corrected chi connectivity index (χ4v) is 5.52. The number of rotatable bonds is 4. The number of anilines is 1. The number of nitriles is 1. The first-order valence-corrected chi connectivity index (χ1v) is 9.45. The van der Waals surface area contributed by atoms with Crippen LogP contribution in [0.2, 0.25) is 0 Å². The lowest BCUT2D eigenvalue weighted by Crippen LogP contribution is -2.44. The van der Waals surface area contributed by atoms with Crippen LogP contribution in [0.4, 0.5) is 5.13 Å². The Labute approximate surface area is 140 Å². The van der Waals surface area contributed by atoms with Crippen LogP contribution < -0.4 is 10.6 Å². The average Bonchev–Trinajstić information content (AvgIpc) is 2.99. The largest absolute Gasteiger partial charge is 0.321 e. The standard InChI is InChI=1S/C17H22N4OS/c18-9-20-13-6-12(7-13)16(22)21-17-19-8-15(23-17)14-5-10-1-3-11(14)4-2-10/h8,10-14,20H,1-7H2,(H,19,21,22)/t10?,11?,12?,13?,14-/m0/s1. The molecule has 0 spiro atoms. The van der Waals surface area contributed by atoms with Gasteiger partial charge in [-0.25, -0.2) is 4.98 Å². The maximum Gasteiger partial charge on any atom is 0.229 e. The number of carbonyl (C=O) groups excluding carboxylic acids is 1. The molecule has 122 valence electrons. The number of carbonyl (C=O) groups is 1. The molecule has 5 nitrogen and oxygen atoms in total. The van der Waals surface area contributed by atoms with Crippen LogP contribution in [0, 0.1) is 29.2 Å². The summed E-state index contributed by atoms with van der Waals surface area (Å²) in [6.07, 6.45) is 12.3. The first-order chi connectivity index (χ1) is 11.2. The van der Waals surface area contributed by atoms with Gasteiger partial charge in [-0.2, -0.15) is 5.26 Å². The number of aromatic nitrogens is 1. The molecule has 4 aliphatic carbocycles. The molecule has 23 heavy (non-hydrogen) atoms. The van der Waals surface area contributed by atoms with E-state index in [4.69, 9.17) is 5.26 Å². The topological polar surface area (TPSA) is 77.8 Å². The zero-order valence-corrected chi connectivity index (χ0v) is 13.9. The van der Waals surface area contributed by atoms with E-state index < -0.39 is 0 Å². The van der Waals surface area contributed by atoms with Crippen molar-refractivity contribution in [2.45, 2.75) is 56.9 Å². The van der Waals surface area contributed by atoms with Crippen molar-refractivity contribution >= 4 is 22.4 Å². The summed E-state index contributed by atoms with van der Waals surface area (Å²) in [5.41, 5.74) is 0. The molecule has 0 unspecified atom stereocenters. The van der Waals surface area contributed by atoms with E-state index in [1.165, 1.54) is 37.0 Å². The fourth-order valence-electron chi connectivity index (χ4n) is 4.49. The van der Waals surface area contributed by atoms with Gasteiger partial charge >= 0.3 is 0 Å². The number of hydrogen-bond donors (Lipinski definition) is 2. The third-order valence-electron chi connectivity index (χ3n) is 5.94.